The minimum absolute atomic E-state index is 0.0139. The van der Waals surface area contributed by atoms with Crippen molar-refractivity contribution in [3.05, 3.63) is 17.7 Å². The van der Waals surface area contributed by atoms with Crippen LogP contribution in [0.5, 0.6) is 0 Å². The fraction of sp³-hybridized carbons (Fsp3) is 0.300. The molecule has 19 heavy (non-hydrogen) atoms. The van der Waals surface area contributed by atoms with Crippen molar-refractivity contribution >= 4 is 27.4 Å². The van der Waals surface area contributed by atoms with Crippen molar-refractivity contribution in [1.29, 1.82) is 0 Å². The van der Waals surface area contributed by atoms with E-state index < -0.39 is 16.0 Å². The van der Waals surface area contributed by atoms with E-state index in [0.717, 1.165) is 12.1 Å². The first-order valence-electron chi connectivity index (χ1n) is 5.19. The fourth-order valence-electron chi connectivity index (χ4n) is 1.45. The number of benzene rings is 1. The molecule has 0 fully saturated rings. The molecule has 1 aromatic carbocycles. The number of nitrogens with one attached hydrogen (secondary N) is 1. The predicted molar refractivity (Wildman–Crippen MR) is 69.6 cm³/mol. The van der Waals surface area contributed by atoms with Gasteiger partial charge in [-0.3, -0.25) is 0 Å². The number of ether oxygens (including phenoxy) is 1. The number of anilines is 2. The van der Waals surface area contributed by atoms with E-state index in [1.54, 1.807) is 0 Å². The molecule has 0 atom stereocenters. The monoisotopic (exact) mass is 289 g/mol. The molecule has 0 saturated carbocycles. The summed E-state index contributed by atoms with van der Waals surface area (Å²) in [6.45, 7) is 0.625. The summed E-state index contributed by atoms with van der Waals surface area (Å²) in [5.41, 5.74) is 5.46. The highest BCUT2D eigenvalue weighted by Gasteiger charge is 2.20. The molecule has 0 spiro atoms. The summed E-state index contributed by atoms with van der Waals surface area (Å²) >= 11 is 0. The third-order valence-electron chi connectivity index (χ3n) is 2.29. The number of methoxy groups -OCH3 is 1. The molecule has 1 aromatic rings. The predicted octanol–water partition coefficient (Wildman–Crippen LogP) is -0.327. The summed E-state index contributed by atoms with van der Waals surface area (Å²) in [6, 6.07) is 2.12. The average molecular weight is 289 g/mol. The largest absolute Gasteiger partial charge is 0.478 e. The van der Waals surface area contributed by atoms with E-state index in [2.05, 4.69) is 5.32 Å². The van der Waals surface area contributed by atoms with Crippen LogP contribution in [0.2, 0.25) is 0 Å². The van der Waals surface area contributed by atoms with E-state index in [1.807, 2.05) is 0 Å². The number of nitrogens with two attached hydrogens (primary N) is 2. The minimum atomic E-state index is -4.10. The molecule has 8 nitrogen and oxygen atoms in total. The van der Waals surface area contributed by atoms with Gasteiger partial charge in [-0.2, -0.15) is 0 Å². The van der Waals surface area contributed by atoms with Gasteiger partial charge in [-0.05, 0) is 12.1 Å². The lowest BCUT2D eigenvalue weighted by molar-refractivity contribution is 0.0696. The number of rotatable bonds is 6. The van der Waals surface area contributed by atoms with Crippen LogP contribution < -0.4 is 16.2 Å². The van der Waals surface area contributed by atoms with Gasteiger partial charge in [0.15, 0.2) is 0 Å². The Balaban J connectivity index is 3.32. The van der Waals surface area contributed by atoms with Gasteiger partial charge in [0.1, 0.15) is 4.90 Å². The Morgan fingerprint density at radius 1 is 1.47 bits per heavy atom. The molecule has 106 valence electrons. The smallest absolute Gasteiger partial charge is 0.335 e. The molecule has 6 N–H and O–H groups in total. The van der Waals surface area contributed by atoms with Gasteiger partial charge in [-0.25, -0.2) is 18.4 Å². The van der Waals surface area contributed by atoms with Gasteiger partial charge in [0.05, 0.1) is 23.5 Å². The second-order valence-electron chi connectivity index (χ2n) is 3.71. The zero-order valence-electron chi connectivity index (χ0n) is 10.2. The summed E-state index contributed by atoms with van der Waals surface area (Å²) in [5.74, 6) is -1.29. The maximum absolute atomic E-state index is 11.5. The number of hydrogen-bond acceptors (Lipinski definition) is 6. The van der Waals surface area contributed by atoms with Crippen LogP contribution in [-0.4, -0.2) is 39.8 Å². The van der Waals surface area contributed by atoms with Crippen LogP contribution >= 0.6 is 0 Å². The summed E-state index contributed by atoms with van der Waals surface area (Å²) in [4.78, 5) is 10.5. The zero-order valence-corrected chi connectivity index (χ0v) is 11.0. The van der Waals surface area contributed by atoms with Gasteiger partial charge in [0, 0.05) is 13.7 Å². The molecule has 0 saturated heterocycles. The Morgan fingerprint density at radius 2 is 2.11 bits per heavy atom. The van der Waals surface area contributed by atoms with E-state index in [-0.39, 0.29) is 21.8 Å². The lowest BCUT2D eigenvalue weighted by Crippen LogP contribution is -2.19. The third-order valence-corrected chi connectivity index (χ3v) is 3.23. The molecule has 0 aliphatic rings. The van der Waals surface area contributed by atoms with Crippen LogP contribution in [0.4, 0.5) is 11.4 Å². The number of carboxylic acids is 1. The van der Waals surface area contributed by atoms with E-state index in [9.17, 15) is 13.2 Å². The summed E-state index contributed by atoms with van der Waals surface area (Å²) < 4.78 is 27.8. The zero-order chi connectivity index (χ0) is 14.6. The molecule has 1 rings (SSSR count). The van der Waals surface area contributed by atoms with Gasteiger partial charge in [0.25, 0.3) is 0 Å². The van der Waals surface area contributed by atoms with Crippen molar-refractivity contribution < 1.29 is 23.1 Å². The molecular weight excluding hydrogens is 274 g/mol. The number of aromatic carboxylic acids is 1. The van der Waals surface area contributed by atoms with Crippen molar-refractivity contribution in [2.75, 3.05) is 31.3 Å². The molecule has 0 bridgehead atoms. The van der Waals surface area contributed by atoms with Crippen molar-refractivity contribution in [1.82, 2.24) is 0 Å². The van der Waals surface area contributed by atoms with Crippen molar-refractivity contribution in [3.63, 3.8) is 0 Å². The van der Waals surface area contributed by atoms with Gasteiger partial charge in [-0.1, -0.05) is 0 Å². The maximum atomic E-state index is 11.5. The highest BCUT2D eigenvalue weighted by molar-refractivity contribution is 7.89. The minimum Gasteiger partial charge on any atom is -0.478 e. The fourth-order valence-corrected chi connectivity index (χ4v) is 2.22. The topological polar surface area (TPSA) is 145 Å². The van der Waals surface area contributed by atoms with Crippen molar-refractivity contribution in [2.45, 2.75) is 4.90 Å². The highest BCUT2D eigenvalue weighted by atomic mass is 32.2. The number of hydrogen-bond donors (Lipinski definition) is 4. The first-order valence-corrected chi connectivity index (χ1v) is 6.74. The highest BCUT2D eigenvalue weighted by Crippen LogP contribution is 2.28. The molecule has 0 radical (unpaired) electrons. The van der Waals surface area contributed by atoms with Gasteiger partial charge in [-0.15, -0.1) is 0 Å². The normalized spacial score (nSPS) is 11.3. The number of nitrogen functional groups attached to an aromatic ring is 1. The molecule has 9 heteroatoms. The van der Waals surface area contributed by atoms with Gasteiger partial charge >= 0.3 is 5.97 Å². The Hall–Kier alpha value is -1.84. The van der Waals surface area contributed by atoms with Crippen LogP contribution in [0, 0.1) is 0 Å². The quantitative estimate of drug-likeness (QED) is 0.414. The third kappa shape index (κ3) is 3.81. The second-order valence-corrected chi connectivity index (χ2v) is 5.24. The molecule has 0 aromatic heterocycles. The molecule has 0 amide bonds. The number of primary sulfonamides is 1. The molecule has 0 heterocycles. The van der Waals surface area contributed by atoms with Crippen LogP contribution in [0.3, 0.4) is 0 Å². The van der Waals surface area contributed by atoms with E-state index in [0.29, 0.717) is 13.2 Å². The van der Waals surface area contributed by atoms with Crippen LogP contribution in [0.1, 0.15) is 10.4 Å². The summed E-state index contributed by atoms with van der Waals surface area (Å²) in [5, 5.41) is 16.7. The molecular formula is C10H15N3O5S. The van der Waals surface area contributed by atoms with Crippen molar-refractivity contribution in [2.24, 2.45) is 5.14 Å². The lowest BCUT2D eigenvalue weighted by Gasteiger charge is -2.14. The Bertz CT molecular complexity index is 585. The first-order chi connectivity index (χ1) is 8.77. The van der Waals surface area contributed by atoms with E-state index in [1.165, 1.54) is 7.11 Å². The number of carboxylic acid groups (broad SMARTS) is 1. The van der Waals surface area contributed by atoms with Gasteiger partial charge < -0.3 is 20.9 Å². The summed E-state index contributed by atoms with van der Waals surface area (Å²) in [7, 11) is -2.61. The second kappa shape index (κ2) is 5.87. The van der Waals surface area contributed by atoms with Crippen LogP contribution in [0.25, 0.3) is 0 Å². The molecule has 0 aliphatic carbocycles. The van der Waals surface area contributed by atoms with Crippen LogP contribution in [0.15, 0.2) is 17.0 Å². The van der Waals surface area contributed by atoms with Gasteiger partial charge in [0.2, 0.25) is 10.0 Å². The Labute approximate surface area is 110 Å². The van der Waals surface area contributed by atoms with E-state index in [4.69, 9.17) is 20.7 Å². The summed E-state index contributed by atoms with van der Waals surface area (Å²) in [6.07, 6.45) is 0. The standard InChI is InChI=1S/C10H15N3O5S/c1-18-3-2-13-9-7(11)4-6(10(14)15)5-8(9)19(12,16)17/h4-5,13H,2-3,11H2,1H3,(H,14,15)(H2,12,16,17). The first kappa shape index (κ1) is 15.2. The average Bonchev–Trinajstić information content (AvgIpc) is 2.29. The number of carbonyl (C=O) groups is 1. The van der Waals surface area contributed by atoms with E-state index >= 15 is 0 Å². The Morgan fingerprint density at radius 3 is 2.58 bits per heavy atom. The molecule has 0 aliphatic heterocycles. The van der Waals surface area contributed by atoms with Crippen molar-refractivity contribution in [3.8, 4) is 0 Å². The lowest BCUT2D eigenvalue weighted by atomic mass is 10.1. The maximum Gasteiger partial charge on any atom is 0.335 e. The SMILES string of the molecule is COCCNc1c(N)cc(C(=O)O)cc1S(N)(=O)=O. The Kier molecular flexibility index (Phi) is 4.70. The van der Waals surface area contributed by atoms with Crippen LogP contribution in [-0.2, 0) is 14.8 Å². The number of sulfonamides is 1. The molecule has 0 unspecified atom stereocenters.